The van der Waals surface area contributed by atoms with E-state index in [0.717, 1.165) is 18.8 Å². The Labute approximate surface area is 73.5 Å². The van der Waals surface area contributed by atoms with E-state index in [1.165, 1.54) is 19.3 Å². The summed E-state index contributed by atoms with van der Waals surface area (Å²) in [6, 6.07) is 1.83. The van der Waals surface area contributed by atoms with E-state index in [1.54, 1.807) is 12.5 Å². The quantitative estimate of drug-likeness (QED) is 0.608. The van der Waals surface area contributed by atoms with Gasteiger partial charge in [0.2, 0.25) is 0 Å². The van der Waals surface area contributed by atoms with E-state index >= 15 is 0 Å². The molecule has 68 valence electrons. The minimum absolute atomic E-state index is 0.805. The molecule has 2 heteroatoms. The molecule has 2 nitrogen and oxygen atoms in total. The van der Waals surface area contributed by atoms with Gasteiger partial charge in [0.05, 0.1) is 12.9 Å². The maximum Gasteiger partial charge on any atom is 0.157 e. The fourth-order valence-corrected chi connectivity index (χ4v) is 1.05. The van der Waals surface area contributed by atoms with Gasteiger partial charge in [-0.05, 0) is 6.42 Å². The highest BCUT2D eigenvalue weighted by Gasteiger charge is 1.93. The van der Waals surface area contributed by atoms with Gasteiger partial charge >= 0.3 is 0 Å². The Hall–Kier alpha value is -0.920. The van der Waals surface area contributed by atoms with Crippen LogP contribution in [-0.2, 0) is 0 Å². The summed E-state index contributed by atoms with van der Waals surface area (Å²) in [4.78, 5) is 0. The fourth-order valence-electron chi connectivity index (χ4n) is 1.05. The third-order valence-electron chi connectivity index (χ3n) is 1.76. The summed E-state index contributed by atoms with van der Waals surface area (Å²) in [5.74, 6) is 0.839. The number of rotatable bonds is 6. The second kappa shape index (κ2) is 5.70. The summed E-state index contributed by atoms with van der Waals surface area (Å²) in [6.45, 7) is 3.01. The van der Waals surface area contributed by atoms with Crippen LogP contribution in [0.4, 0.5) is 0 Å². The van der Waals surface area contributed by atoms with E-state index in [4.69, 9.17) is 9.15 Å². The highest BCUT2D eigenvalue weighted by atomic mass is 16.5. The van der Waals surface area contributed by atoms with Crippen LogP contribution in [-0.4, -0.2) is 6.61 Å². The van der Waals surface area contributed by atoms with Crippen molar-refractivity contribution in [2.75, 3.05) is 6.61 Å². The van der Waals surface area contributed by atoms with Gasteiger partial charge in [0.15, 0.2) is 5.75 Å². The summed E-state index contributed by atoms with van der Waals surface area (Å²) in [5, 5.41) is 0. The van der Waals surface area contributed by atoms with Crippen molar-refractivity contribution in [3.05, 3.63) is 18.6 Å². The standard InChI is InChI=1S/C10H16O2/c1-2-3-4-5-7-12-10-6-8-11-9-10/h6,8-9H,2-5,7H2,1H3. The second-order valence-electron chi connectivity index (χ2n) is 2.87. The molecular weight excluding hydrogens is 152 g/mol. The first-order valence-corrected chi connectivity index (χ1v) is 4.58. The van der Waals surface area contributed by atoms with Gasteiger partial charge in [0.1, 0.15) is 6.26 Å². The van der Waals surface area contributed by atoms with Crippen molar-refractivity contribution in [2.24, 2.45) is 0 Å². The molecule has 0 aliphatic carbocycles. The van der Waals surface area contributed by atoms with E-state index in [0.29, 0.717) is 0 Å². The Kier molecular flexibility index (Phi) is 4.35. The van der Waals surface area contributed by atoms with Gasteiger partial charge in [0.25, 0.3) is 0 Å². The molecule has 0 aliphatic rings. The van der Waals surface area contributed by atoms with Crippen LogP contribution in [0.2, 0.25) is 0 Å². The SMILES string of the molecule is CCCCCCOc1ccoc1. The van der Waals surface area contributed by atoms with Crippen molar-refractivity contribution < 1.29 is 9.15 Å². The highest BCUT2D eigenvalue weighted by Crippen LogP contribution is 2.10. The van der Waals surface area contributed by atoms with Crippen molar-refractivity contribution in [1.82, 2.24) is 0 Å². The van der Waals surface area contributed by atoms with E-state index in [9.17, 15) is 0 Å². The molecule has 1 heterocycles. The fraction of sp³-hybridized carbons (Fsp3) is 0.600. The summed E-state index contributed by atoms with van der Waals surface area (Å²) in [5.41, 5.74) is 0. The largest absolute Gasteiger partial charge is 0.490 e. The van der Waals surface area contributed by atoms with Crippen molar-refractivity contribution in [1.29, 1.82) is 0 Å². The zero-order valence-corrected chi connectivity index (χ0v) is 7.58. The lowest BCUT2D eigenvalue weighted by Crippen LogP contribution is -1.95. The second-order valence-corrected chi connectivity index (χ2v) is 2.87. The normalized spacial score (nSPS) is 10.1. The molecular formula is C10H16O2. The highest BCUT2D eigenvalue weighted by molar-refractivity contribution is 5.12. The predicted molar refractivity (Wildman–Crippen MR) is 48.3 cm³/mol. The molecule has 0 spiro atoms. The molecule has 0 aromatic carbocycles. The van der Waals surface area contributed by atoms with Gasteiger partial charge in [-0.3, -0.25) is 0 Å². The lowest BCUT2D eigenvalue weighted by molar-refractivity contribution is 0.301. The van der Waals surface area contributed by atoms with Crippen LogP contribution in [0.15, 0.2) is 23.0 Å². The molecule has 0 atom stereocenters. The smallest absolute Gasteiger partial charge is 0.157 e. The monoisotopic (exact) mass is 168 g/mol. The Bertz CT molecular complexity index is 180. The zero-order valence-electron chi connectivity index (χ0n) is 7.58. The van der Waals surface area contributed by atoms with Crippen molar-refractivity contribution in [2.45, 2.75) is 32.6 Å². The Morgan fingerprint density at radius 2 is 2.25 bits per heavy atom. The first-order valence-electron chi connectivity index (χ1n) is 4.58. The van der Waals surface area contributed by atoms with E-state index < -0.39 is 0 Å². The summed E-state index contributed by atoms with van der Waals surface area (Å²) in [7, 11) is 0. The molecule has 0 saturated carbocycles. The van der Waals surface area contributed by atoms with Crippen LogP contribution in [0.5, 0.6) is 5.75 Å². The van der Waals surface area contributed by atoms with Gasteiger partial charge in [0, 0.05) is 6.07 Å². The maximum atomic E-state index is 5.40. The Balaban J connectivity index is 1.96. The molecule has 0 N–H and O–H groups in total. The molecule has 0 bridgehead atoms. The van der Waals surface area contributed by atoms with Crippen molar-refractivity contribution in [3.8, 4) is 5.75 Å². The molecule has 0 unspecified atom stereocenters. The van der Waals surface area contributed by atoms with E-state index in [2.05, 4.69) is 6.92 Å². The molecule has 0 radical (unpaired) electrons. The molecule has 0 aliphatic heterocycles. The zero-order chi connectivity index (χ0) is 8.65. The van der Waals surface area contributed by atoms with Gasteiger partial charge in [-0.2, -0.15) is 0 Å². The van der Waals surface area contributed by atoms with Crippen LogP contribution >= 0.6 is 0 Å². The first-order chi connectivity index (χ1) is 5.93. The van der Waals surface area contributed by atoms with Crippen LogP contribution < -0.4 is 4.74 Å². The number of ether oxygens (including phenoxy) is 1. The summed E-state index contributed by atoms with van der Waals surface area (Å²) in [6.07, 6.45) is 8.22. The number of hydrogen-bond acceptors (Lipinski definition) is 2. The third-order valence-corrected chi connectivity index (χ3v) is 1.76. The maximum absolute atomic E-state index is 5.40. The molecule has 0 fully saturated rings. The molecule has 1 aromatic rings. The molecule has 1 rings (SSSR count). The lowest BCUT2D eigenvalue weighted by Gasteiger charge is -2.01. The summed E-state index contributed by atoms with van der Waals surface area (Å²) < 4.78 is 10.3. The van der Waals surface area contributed by atoms with E-state index in [-0.39, 0.29) is 0 Å². The first kappa shape index (κ1) is 9.17. The predicted octanol–water partition coefficient (Wildman–Crippen LogP) is 3.24. The van der Waals surface area contributed by atoms with Gasteiger partial charge in [-0.15, -0.1) is 0 Å². The van der Waals surface area contributed by atoms with Gasteiger partial charge in [-0.1, -0.05) is 26.2 Å². The van der Waals surface area contributed by atoms with Crippen LogP contribution in [0.25, 0.3) is 0 Å². The number of furan rings is 1. The van der Waals surface area contributed by atoms with E-state index in [1.807, 2.05) is 6.07 Å². The molecule has 12 heavy (non-hydrogen) atoms. The molecule has 1 aromatic heterocycles. The average Bonchev–Trinajstić information content (AvgIpc) is 2.57. The minimum Gasteiger partial charge on any atom is -0.490 e. The van der Waals surface area contributed by atoms with Crippen LogP contribution in [0, 0.1) is 0 Å². The number of unbranched alkanes of at least 4 members (excludes halogenated alkanes) is 3. The van der Waals surface area contributed by atoms with Crippen molar-refractivity contribution in [3.63, 3.8) is 0 Å². The van der Waals surface area contributed by atoms with Crippen LogP contribution in [0.1, 0.15) is 32.6 Å². The lowest BCUT2D eigenvalue weighted by atomic mass is 10.2. The Morgan fingerprint density at radius 1 is 1.33 bits per heavy atom. The topological polar surface area (TPSA) is 22.4 Å². The minimum atomic E-state index is 0.805. The summed E-state index contributed by atoms with van der Waals surface area (Å²) >= 11 is 0. The number of hydrogen-bond donors (Lipinski definition) is 0. The van der Waals surface area contributed by atoms with Gasteiger partial charge < -0.3 is 9.15 Å². The van der Waals surface area contributed by atoms with Crippen LogP contribution in [0.3, 0.4) is 0 Å². The molecule has 0 saturated heterocycles. The average molecular weight is 168 g/mol. The van der Waals surface area contributed by atoms with Gasteiger partial charge in [-0.25, -0.2) is 0 Å². The van der Waals surface area contributed by atoms with Crippen molar-refractivity contribution >= 4 is 0 Å². The third kappa shape index (κ3) is 3.46. The Morgan fingerprint density at radius 3 is 2.92 bits per heavy atom. The molecule has 0 amide bonds.